The van der Waals surface area contributed by atoms with Gasteiger partial charge in [0.2, 0.25) is 0 Å². The van der Waals surface area contributed by atoms with Crippen molar-refractivity contribution < 1.29 is 33.0 Å². The second kappa shape index (κ2) is 7.49. The summed E-state index contributed by atoms with van der Waals surface area (Å²) < 4.78 is 27.4. The maximum Gasteiger partial charge on any atom is 0.312 e. The minimum atomic E-state index is -1.95. The highest BCUT2D eigenvalue weighted by Crippen LogP contribution is 2.69. The van der Waals surface area contributed by atoms with Gasteiger partial charge in [-0.3, -0.25) is 19.2 Å². The average Bonchev–Trinajstić information content (AvgIpc) is 3.09. The van der Waals surface area contributed by atoms with Gasteiger partial charge >= 0.3 is 11.9 Å². The number of carbonyl (C=O) groups is 4. The Kier molecular flexibility index (Phi) is 5.30. The van der Waals surface area contributed by atoms with E-state index in [1.165, 1.54) is 26.2 Å². The van der Waals surface area contributed by atoms with Crippen LogP contribution in [0.1, 0.15) is 46.5 Å². The van der Waals surface area contributed by atoms with E-state index in [2.05, 4.69) is 0 Å². The topological polar surface area (TPSA) is 86.7 Å². The molecule has 7 heteroatoms. The fourth-order valence-corrected chi connectivity index (χ4v) is 6.91. The van der Waals surface area contributed by atoms with Crippen molar-refractivity contribution in [2.24, 2.45) is 28.6 Å². The van der Waals surface area contributed by atoms with Gasteiger partial charge in [-0.25, -0.2) is 4.39 Å². The van der Waals surface area contributed by atoms with Crippen LogP contribution >= 0.6 is 0 Å². The zero-order valence-corrected chi connectivity index (χ0v) is 18.9. The number of rotatable bonds is 4. The van der Waals surface area contributed by atoms with Gasteiger partial charge in [0.15, 0.2) is 18.2 Å². The lowest BCUT2D eigenvalue weighted by Gasteiger charge is -2.62. The number of ether oxygens (including phenoxy) is 2. The summed E-state index contributed by atoms with van der Waals surface area (Å²) in [6.45, 7) is 4.54. The largest absolute Gasteiger partial charge is 0.469 e. The molecular formula is C25H29FO6. The van der Waals surface area contributed by atoms with Crippen LogP contribution in [0.2, 0.25) is 0 Å². The molecular weight excluding hydrogens is 415 g/mol. The number of carbonyl (C=O) groups excluding carboxylic acids is 4. The second-order valence-corrected chi connectivity index (χ2v) is 9.88. The molecule has 4 rings (SSSR count). The first-order valence-electron chi connectivity index (χ1n) is 11.1. The first kappa shape index (κ1) is 22.6. The Balaban J connectivity index is 1.78. The molecule has 0 aromatic heterocycles. The molecule has 4 aliphatic carbocycles. The van der Waals surface area contributed by atoms with Crippen LogP contribution in [0.4, 0.5) is 4.39 Å². The number of methoxy groups -OCH3 is 1. The van der Waals surface area contributed by atoms with E-state index in [0.29, 0.717) is 30.4 Å². The summed E-state index contributed by atoms with van der Waals surface area (Å²) in [5.41, 5.74) is -2.58. The van der Waals surface area contributed by atoms with E-state index in [1.807, 2.05) is 13.0 Å². The summed E-state index contributed by atoms with van der Waals surface area (Å²) in [6.07, 6.45) is 7.98. The van der Waals surface area contributed by atoms with Crippen molar-refractivity contribution in [3.63, 3.8) is 0 Å². The molecule has 0 saturated heterocycles. The molecule has 4 aliphatic rings. The van der Waals surface area contributed by atoms with Gasteiger partial charge in [0.05, 0.1) is 13.0 Å². The molecule has 0 amide bonds. The summed E-state index contributed by atoms with van der Waals surface area (Å²) in [5, 5.41) is 0. The molecule has 0 bridgehead atoms. The molecule has 2 saturated carbocycles. The molecule has 0 aromatic carbocycles. The van der Waals surface area contributed by atoms with Crippen LogP contribution < -0.4 is 0 Å². The lowest BCUT2D eigenvalue weighted by atomic mass is 9.43. The molecule has 6 nitrogen and oxygen atoms in total. The van der Waals surface area contributed by atoms with E-state index in [-0.39, 0.29) is 30.5 Å². The van der Waals surface area contributed by atoms with Crippen LogP contribution in [0.25, 0.3) is 0 Å². The number of esters is 2. The smallest absolute Gasteiger partial charge is 0.312 e. The predicted octanol–water partition coefficient (Wildman–Crippen LogP) is 3.45. The van der Waals surface area contributed by atoms with Crippen LogP contribution in [0.15, 0.2) is 35.5 Å². The van der Waals surface area contributed by atoms with E-state index >= 15 is 4.39 Å². The number of allylic oxidation sites excluding steroid dienone is 5. The van der Waals surface area contributed by atoms with Crippen molar-refractivity contribution in [1.82, 2.24) is 0 Å². The van der Waals surface area contributed by atoms with Crippen LogP contribution in [0.3, 0.4) is 0 Å². The van der Waals surface area contributed by atoms with Crippen molar-refractivity contribution in [3.8, 4) is 0 Å². The summed E-state index contributed by atoms with van der Waals surface area (Å²) in [4.78, 5) is 49.1. The van der Waals surface area contributed by atoms with E-state index in [4.69, 9.17) is 9.47 Å². The van der Waals surface area contributed by atoms with E-state index < -0.39 is 40.3 Å². The van der Waals surface area contributed by atoms with Crippen LogP contribution in [-0.2, 0) is 28.7 Å². The minimum Gasteiger partial charge on any atom is -0.469 e. The first-order chi connectivity index (χ1) is 15.0. The lowest BCUT2D eigenvalue weighted by Crippen LogP contribution is -2.66. The summed E-state index contributed by atoms with van der Waals surface area (Å²) in [5.74, 6) is -3.47. The van der Waals surface area contributed by atoms with Crippen LogP contribution in [-0.4, -0.2) is 42.9 Å². The maximum atomic E-state index is 17.5. The number of hydrogen-bond acceptors (Lipinski definition) is 6. The standard InChI is InChI=1S/C25H29FO6/c1-14(27)32-13-21(29)19-8-7-17-18-6-5-15-11-16(28)9-10-24(15,3)25(18,26)20(22(30)31-4)12-23(17,19)2/h8-11,17-18,20H,5-7,12-13H2,1-4H3/t17-,18-,20-,23-,24-,25-/m0/s1. The number of halogens is 1. The van der Waals surface area contributed by atoms with Gasteiger partial charge in [0.1, 0.15) is 5.67 Å². The van der Waals surface area contributed by atoms with Gasteiger partial charge in [-0.1, -0.05) is 24.6 Å². The maximum absolute atomic E-state index is 17.5. The molecule has 2 fully saturated rings. The number of alkyl halides is 1. The Hall–Kier alpha value is -2.57. The Labute approximate surface area is 186 Å². The molecule has 0 heterocycles. The van der Waals surface area contributed by atoms with Crippen LogP contribution in [0.5, 0.6) is 0 Å². The quantitative estimate of drug-likeness (QED) is 0.618. The zero-order chi connectivity index (χ0) is 23.5. The lowest BCUT2D eigenvalue weighted by molar-refractivity contribution is -0.186. The number of fused-ring (bicyclic) bond motifs is 5. The van der Waals surface area contributed by atoms with Crippen molar-refractivity contribution in [1.29, 1.82) is 0 Å². The van der Waals surface area contributed by atoms with Crippen molar-refractivity contribution in [2.45, 2.75) is 52.1 Å². The fourth-order valence-electron chi connectivity index (χ4n) is 6.91. The van der Waals surface area contributed by atoms with Gasteiger partial charge in [-0.15, -0.1) is 0 Å². The normalized spacial score (nSPS) is 39.8. The van der Waals surface area contributed by atoms with Gasteiger partial charge < -0.3 is 9.47 Å². The highest BCUT2D eigenvalue weighted by atomic mass is 19.1. The van der Waals surface area contributed by atoms with Gasteiger partial charge in [-0.2, -0.15) is 0 Å². The molecule has 0 radical (unpaired) electrons. The third kappa shape index (κ3) is 2.96. The Morgan fingerprint density at radius 2 is 1.94 bits per heavy atom. The molecule has 0 aliphatic heterocycles. The van der Waals surface area contributed by atoms with Crippen LogP contribution in [0, 0.1) is 28.6 Å². The molecule has 0 unspecified atom stereocenters. The Morgan fingerprint density at radius 1 is 1.22 bits per heavy atom. The first-order valence-corrected chi connectivity index (χ1v) is 11.1. The van der Waals surface area contributed by atoms with Crippen molar-refractivity contribution >= 4 is 23.5 Å². The molecule has 0 N–H and O–H groups in total. The van der Waals surface area contributed by atoms with Crippen molar-refractivity contribution in [2.75, 3.05) is 13.7 Å². The number of ketones is 2. The minimum absolute atomic E-state index is 0.111. The summed E-state index contributed by atoms with van der Waals surface area (Å²) in [7, 11) is 1.24. The molecule has 0 spiro atoms. The third-order valence-corrected chi connectivity index (χ3v) is 8.45. The summed E-state index contributed by atoms with van der Waals surface area (Å²) in [6, 6.07) is 0. The highest BCUT2D eigenvalue weighted by Gasteiger charge is 2.71. The fraction of sp³-hybridized carbons (Fsp3) is 0.600. The van der Waals surface area contributed by atoms with E-state index in [1.54, 1.807) is 13.0 Å². The molecule has 0 aromatic rings. The Morgan fingerprint density at radius 3 is 2.59 bits per heavy atom. The van der Waals surface area contributed by atoms with Gasteiger partial charge in [0, 0.05) is 23.3 Å². The monoisotopic (exact) mass is 444 g/mol. The highest BCUT2D eigenvalue weighted by molar-refractivity contribution is 6.01. The molecule has 6 atom stereocenters. The number of Topliss-reactive ketones (excluding diaryl/α,β-unsaturated/α-hetero) is 1. The predicted molar refractivity (Wildman–Crippen MR) is 113 cm³/mol. The summed E-state index contributed by atoms with van der Waals surface area (Å²) >= 11 is 0. The zero-order valence-electron chi connectivity index (χ0n) is 18.9. The SMILES string of the molecule is COC(=O)[C@@H]1C[C@]2(C)C(C(=O)COC(C)=O)=CC[C@H]2[C@@H]2CCC3=CC(=O)C=C[C@]3(C)[C@@]12F. The van der Waals surface area contributed by atoms with Gasteiger partial charge in [0.25, 0.3) is 0 Å². The molecule has 172 valence electrons. The molecule has 32 heavy (non-hydrogen) atoms. The second-order valence-electron chi connectivity index (χ2n) is 9.88. The Bertz CT molecular complexity index is 992. The van der Waals surface area contributed by atoms with E-state index in [0.717, 1.165) is 0 Å². The van der Waals surface area contributed by atoms with Gasteiger partial charge in [-0.05, 0) is 56.6 Å². The third-order valence-electron chi connectivity index (χ3n) is 8.45. The average molecular weight is 444 g/mol. The van der Waals surface area contributed by atoms with Crippen molar-refractivity contribution in [3.05, 3.63) is 35.5 Å². The van der Waals surface area contributed by atoms with E-state index in [9.17, 15) is 19.2 Å². The number of hydrogen-bond donors (Lipinski definition) is 0.